The molecule has 0 radical (unpaired) electrons. The smallest absolute Gasteiger partial charge is 0.411 e. The van der Waals surface area contributed by atoms with Crippen molar-refractivity contribution >= 4 is 6.09 Å². The Morgan fingerprint density at radius 1 is 1.06 bits per heavy atom. The van der Waals surface area contributed by atoms with Crippen LogP contribution in [0.4, 0.5) is 4.79 Å². The molecule has 1 N–H and O–H groups in total. The molecule has 1 saturated carbocycles. The van der Waals surface area contributed by atoms with Crippen LogP contribution in [0.25, 0.3) is 11.1 Å². The van der Waals surface area contributed by atoms with Gasteiger partial charge in [0.2, 0.25) is 0 Å². The van der Waals surface area contributed by atoms with Gasteiger partial charge in [0, 0.05) is 37.3 Å². The Labute approximate surface area is 207 Å². The van der Waals surface area contributed by atoms with Gasteiger partial charge in [0.1, 0.15) is 11.4 Å². The first-order valence-corrected chi connectivity index (χ1v) is 12.4. The molecule has 1 amide bonds. The van der Waals surface area contributed by atoms with E-state index in [0.29, 0.717) is 25.3 Å². The molecule has 0 spiro atoms. The van der Waals surface area contributed by atoms with Gasteiger partial charge < -0.3 is 14.7 Å². The predicted molar refractivity (Wildman–Crippen MR) is 135 cm³/mol. The number of aliphatic hydroxyl groups is 1. The lowest BCUT2D eigenvalue weighted by molar-refractivity contribution is -0.103. The van der Waals surface area contributed by atoms with Gasteiger partial charge in [0.15, 0.2) is 0 Å². The first kappa shape index (κ1) is 23.5. The third-order valence-corrected chi connectivity index (χ3v) is 7.06. The van der Waals surface area contributed by atoms with Gasteiger partial charge in [-0.15, -0.1) is 0 Å². The largest absolute Gasteiger partial charge is 0.438 e. The summed E-state index contributed by atoms with van der Waals surface area (Å²) in [6.45, 7) is 5.99. The molecule has 2 aromatic carbocycles. The monoisotopic (exact) mass is 471 g/mol. The van der Waals surface area contributed by atoms with Crippen molar-refractivity contribution in [1.29, 1.82) is 0 Å². The van der Waals surface area contributed by atoms with Crippen LogP contribution in [0.5, 0.6) is 0 Å². The van der Waals surface area contributed by atoms with Gasteiger partial charge in [0.05, 0.1) is 11.6 Å². The molecular weight excluding hydrogens is 438 g/mol. The molecule has 1 aliphatic carbocycles. The van der Waals surface area contributed by atoms with Gasteiger partial charge in [0.25, 0.3) is 0 Å². The molecule has 1 saturated heterocycles. The van der Waals surface area contributed by atoms with Crippen molar-refractivity contribution in [2.24, 2.45) is 5.92 Å². The molecule has 2 atom stereocenters. The maximum absolute atomic E-state index is 13.5. The minimum absolute atomic E-state index is 0.0123. The van der Waals surface area contributed by atoms with Crippen LogP contribution < -0.4 is 0 Å². The predicted octanol–water partition coefficient (Wildman–Crippen LogP) is 5.80. The normalized spacial score (nSPS) is 21.5. The minimum atomic E-state index is -0.969. The highest BCUT2D eigenvalue weighted by Crippen LogP contribution is 2.48. The van der Waals surface area contributed by atoms with Crippen LogP contribution >= 0.6 is 0 Å². The molecule has 182 valence electrons. The van der Waals surface area contributed by atoms with Crippen molar-refractivity contribution in [3.8, 4) is 11.1 Å². The molecule has 1 aliphatic heterocycles. The fourth-order valence-electron chi connectivity index (χ4n) is 5.33. The number of benzene rings is 2. The molecule has 2 fully saturated rings. The molecular formula is C29H33N3O3. The van der Waals surface area contributed by atoms with Crippen LogP contribution in [0, 0.1) is 12.8 Å². The van der Waals surface area contributed by atoms with Crippen LogP contribution in [-0.4, -0.2) is 38.2 Å². The van der Waals surface area contributed by atoms with Crippen LogP contribution in [0.2, 0.25) is 0 Å². The highest BCUT2D eigenvalue weighted by Gasteiger charge is 2.49. The zero-order chi connectivity index (χ0) is 24.6. The average Bonchev–Trinajstić information content (AvgIpc) is 3.67. The van der Waals surface area contributed by atoms with E-state index >= 15 is 0 Å². The molecule has 6 heteroatoms. The van der Waals surface area contributed by atoms with Gasteiger partial charge in [-0.05, 0) is 56.2 Å². The van der Waals surface area contributed by atoms with Gasteiger partial charge in [-0.3, -0.25) is 0 Å². The number of hydrogen-bond acceptors (Lipinski definition) is 5. The Balaban J connectivity index is 1.40. The van der Waals surface area contributed by atoms with Crippen molar-refractivity contribution in [2.45, 2.75) is 63.7 Å². The zero-order valence-corrected chi connectivity index (χ0v) is 20.6. The number of rotatable bonds is 7. The van der Waals surface area contributed by atoms with Gasteiger partial charge in [-0.2, -0.15) is 0 Å². The minimum Gasteiger partial charge on any atom is -0.438 e. The molecule has 3 aromatic rings. The lowest BCUT2D eigenvalue weighted by Crippen LogP contribution is -2.51. The first-order chi connectivity index (χ1) is 16.7. The summed E-state index contributed by atoms with van der Waals surface area (Å²) in [5, 5.41) is 10.7. The Morgan fingerprint density at radius 3 is 2.29 bits per heavy atom. The second-order valence-electron chi connectivity index (χ2n) is 10.6. The summed E-state index contributed by atoms with van der Waals surface area (Å²) in [7, 11) is 0. The maximum atomic E-state index is 13.5. The van der Waals surface area contributed by atoms with E-state index in [1.54, 1.807) is 13.8 Å². The summed E-state index contributed by atoms with van der Waals surface area (Å²) in [5.74, 6) is 1.19. The molecule has 6 nitrogen and oxygen atoms in total. The van der Waals surface area contributed by atoms with E-state index in [-0.39, 0.29) is 12.1 Å². The molecule has 2 aliphatic rings. The van der Waals surface area contributed by atoms with E-state index in [1.165, 1.54) is 0 Å². The highest BCUT2D eigenvalue weighted by molar-refractivity contribution is 5.71. The number of carbonyl (C=O) groups is 1. The number of hydrogen-bond donors (Lipinski definition) is 1. The van der Waals surface area contributed by atoms with Crippen molar-refractivity contribution in [2.75, 3.05) is 6.54 Å². The van der Waals surface area contributed by atoms with Crippen molar-refractivity contribution < 1.29 is 14.6 Å². The third kappa shape index (κ3) is 5.08. The van der Waals surface area contributed by atoms with Gasteiger partial charge in [-0.1, -0.05) is 54.6 Å². The van der Waals surface area contributed by atoms with Crippen LogP contribution in [0.15, 0.2) is 67.0 Å². The van der Waals surface area contributed by atoms with E-state index in [0.717, 1.165) is 40.9 Å². The van der Waals surface area contributed by atoms with Crippen LogP contribution in [0.3, 0.4) is 0 Å². The Morgan fingerprint density at radius 2 is 1.71 bits per heavy atom. The quantitative estimate of drug-likeness (QED) is 0.471. The Kier molecular flexibility index (Phi) is 6.09. The molecule has 0 bridgehead atoms. The maximum Gasteiger partial charge on any atom is 0.411 e. The summed E-state index contributed by atoms with van der Waals surface area (Å²) >= 11 is 0. The summed E-state index contributed by atoms with van der Waals surface area (Å²) < 4.78 is 6.24. The summed E-state index contributed by atoms with van der Waals surface area (Å²) in [5.41, 5.74) is 2.28. The van der Waals surface area contributed by atoms with E-state index < -0.39 is 11.2 Å². The van der Waals surface area contributed by atoms with Gasteiger partial charge >= 0.3 is 6.09 Å². The molecule has 5 rings (SSSR count). The van der Waals surface area contributed by atoms with E-state index in [4.69, 9.17) is 4.74 Å². The Hall–Kier alpha value is -3.25. The SMILES string of the molecule is Cc1ncc(-c2ccc(C(C3CC3)N3CCC(CC(C)(C)O)(c4ccccc4)OC3=O)cc2)cn1. The number of amides is 1. The van der Waals surface area contributed by atoms with Crippen LogP contribution in [0.1, 0.15) is 62.5 Å². The number of ether oxygens (including phenoxy) is 1. The number of aryl methyl sites for hydroxylation is 1. The van der Waals surface area contributed by atoms with E-state index in [1.807, 2.05) is 54.5 Å². The van der Waals surface area contributed by atoms with Crippen molar-refractivity contribution in [1.82, 2.24) is 14.9 Å². The highest BCUT2D eigenvalue weighted by atomic mass is 16.6. The number of nitrogens with zero attached hydrogens (tertiary/aromatic N) is 3. The molecule has 1 aromatic heterocycles. The summed E-state index contributed by atoms with van der Waals surface area (Å²) in [6, 6.07) is 18.2. The Bertz CT molecular complexity index is 1170. The zero-order valence-electron chi connectivity index (χ0n) is 20.6. The van der Waals surface area contributed by atoms with Crippen LogP contribution in [-0.2, 0) is 10.3 Å². The number of cyclic esters (lactones) is 1. The van der Waals surface area contributed by atoms with Crippen molar-refractivity contribution in [3.63, 3.8) is 0 Å². The first-order valence-electron chi connectivity index (χ1n) is 12.4. The second-order valence-corrected chi connectivity index (χ2v) is 10.6. The van der Waals surface area contributed by atoms with E-state index in [2.05, 4.69) is 34.2 Å². The second kappa shape index (κ2) is 9.08. The fraction of sp³-hybridized carbons (Fsp3) is 0.414. The lowest BCUT2D eigenvalue weighted by Gasteiger charge is -2.46. The van der Waals surface area contributed by atoms with Gasteiger partial charge in [-0.25, -0.2) is 14.8 Å². The third-order valence-electron chi connectivity index (χ3n) is 7.06. The lowest BCUT2D eigenvalue weighted by atomic mass is 9.80. The number of carbonyl (C=O) groups excluding carboxylic acids is 1. The standard InChI is InChI=1S/C29H33N3O3/c1-20-30-17-24(18-31-20)21-9-11-22(12-10-21)26(23-13-14-23)32-16-15-29(35-27(32)33,19-28(2,3)34)25-7-5-4-6-8-25/h4-12,17-18,23,26,34H,13-16,19H2,1-3H3. The van der Waals surface area contributed by atoms with E-state index in [9.17, 15) is 9.90 Å². The fourth-order valence-corrected chi connectivity index (χ4v) is 5.33. The number of aromatic nitrogens is 2. The topological polar surface area (TPSA) is 75.6 Å². The molecule has 2 unspecified atom stereocenters. The molecule has 35 heavy (non-hydrogen) atoms. The van der Waals surface area contributed by atoms with Crippen molar-refractivity contribution in [3.05, 3.63) is 83.9 Å². The summed E-state index contributed by atoms with van der Waals surface area (Å²) in [4.78, 5) is 24.0. The summed E-state index contributed by atoms with van der Waals surface area (Å²) in [6.07, 6.45) is 6.56. The average molecular weight is 472 g/mol. The molecule has 2 heterocycles.